The van der Waals surface area contributed by atoms with E-state index in [-0.39, 0.29) is 12.8 Å². The van der Waals surface area contributed by atoms with Crippen molar-refractivity contribution in [2.45, 2.75) is 57.7 Å². The number of hydrogen-bond donors (Lipinski definition) is 3. The molecule has 1 fully saturated rings. The second-order valence-corrected chi connectivity index (χ2v) is 10.8. The van der Waals surface area contributed by atoms with Gasteiger partial charge in [0.25, 0.3) is 0 Å². The van der Waals surface area contributed by atoms with Gasteiger partial charge in [-0.3, -0.25) is 14.4 Å². The van der Waals surface area contributed by atoms with Crippen LogP contribution in [0.4, 0.5) is 10.5 Å². The summed E-state index contributed by atoms with van der Waals surface area (Å²) in [5.41, 5.74) is -0.929. The number of nitrogens with zero attached hydrogens (tertiary/aromatic N) is 1. The molecule has 2 aromatic carbocycles. The molecule has 3 atom stereocenters. The number of carboxylic acid groups (broad SMARTS) is 1. The number of carbonyl (C=O) groups is 5. The van der Waals surface area contributed by atoms with Crippen molar-refractivity contribution in [3.8, 4) is 0 Å². The summed E-state index contributed by atoms with van der Waals surface area (Å²) >= 11 is 0. The van der Waals surface area contributed by atoms with Crippen LogP contribution in [0.5, 0.6) is 0 Å². The largest absolute Gasteiger partial charge is 0.481 e. The molecule has 3 N–H and O–H groups in total. The van der Waals surface area contributed by atoms with Crippen LogP contribution in [-0.4, -0.2) is 64.6 Å². The minimum Gasteiger partial charge on any atom is -0.481 e. The van der Waals surface area contributed by atoms with Gasteiger partial charge in [-0.1, -0.05) is 42.5 Å². The fourth-order valence-electron chi connectivity index (χ4n) is 4.87. The van der Waals surface area contributed by atoms with Crippen LogP contribution >= 0.6 is 0 Å². The van der Waals surface area contributed by atoms with Crippen LogP contribution in [0.1, 0.15) is 51.3 Å². The lowest BCUT2D eigenvalue weighted by Crippen LogP contribution is -2.56. The number of urea groups is 1. The SMILES string of the molecule is COC(=O)C1CC(C)(C(=O)OC(C)(C)C)N(C(=O)CNC(=O)Nc2cccc(CC(=O)O)c2)C1c1ccccc1. The van der Waals surface area contributed by atoms with Crippen LogP contribution in [-0.2, 0) is 35.1 Å². The minimum absolute atomic E-state index is 0.0392. The van der Waals surface area contributed by atoms with E-state index in [0.717, 1.165) is 0 Å². The van der Waals surface area contributed by atoms with E-state index >= 15 is 0 Å². The number of methoxy groups -OCH3 is 1. The molecule has 1 heterocycles. The van der Waals surface area contributed by atoms with E-state index in [1.54, 1.807) is 76.2 Å². The lowest BCUT2D eigenvalue weighted by Gasteiger charge is -2.38. The molecule has 11 nitrogen and oxygen atoms in total. The fourth-order valence-corrected chi connectivity index (χ4v) is 4.87. The number of nitrogens with one attached hydrogen (secondary N) is 2. The number of anilines is 1. The summed E-state index contributed by atoms with van der Waals surface area (Å²) in [6.07, 6.45) is -0.251. The maximum absolute atomic E-state index is 13.8. The van der Waals surface area contributed by atoms with Crippen LogP contribution in [0, 0.1) is 5.92 Å². The molecule has 1 aliphatic rings. The molecule has 2 aromatic rings. The standard InChI is InChI=1S/C29H35N3O8/c1-28(2,3)40-26(37)29(4)16-21(25(36)39-5)24(19-11-7-6-8-12-19)32(29)22(33)17-30-27(38)31-20-13-9-10-18(14-20)15-23(34)35/h6-14,21,24H,15-17H2,1-5H3,(H,34,35)(H2,30,31,38). The Kier molecular flexibility index (Phi) is 9.18. The lowest BCUT2D eigenvalue weighted by molar-refractivity contribution is -0.171. The molecular formula is C29H35N3O8. The number of carboxylic acids is 1. The van der Waals surface area contributed by atoms with Crippen molar-refractivity contribution < 1.29 is 38.6 Å². The Morgan fingerprint density at radius 2 is 1.73 bits per heavy atom. The van der Waals surface area contributed by atoms with E-state index in [2.05, 4.69) is 10.6 Å². The summed E-state index contributed by atoms with van der Waals surface area (Å²) in [6, 6.07) is 13.6. The summed E-state index contributed by atoms with van der Waals surface area (Å²) in [4.78, 5) is 65.1. The number of likely N-dealkylation sites (tertiary alicyclic amines) is 1. The summed E-state index contributed by atoms with van der Waals surface area (Å²) < 4.78 is 10.7. The highest BCUT2D eigenvalue weighted by Crippen LogP contribution is 2.48. The molecular weight excluding hydrogens is 518 g/mol. The van der Waals surface area contributed by atoms with Crippen molar-refractivity contribution in [1.29, 1.82) is 0 Å². The molecule has 3 amide bonds. The highest BCUT2D eigenvalue weighted by atomic mass is 16.6. The van der Waals surface area contributed by atoms with Crippen LogP contribution < -0.4 is 10.6 Å². The Balaban J connectivity index is 1.88. The smallest absolute Gasteiger partial charge is 0.332 e. The average molecular weight is 554 g/mol. The summed E-state index contributed by atoms with van der Waals surface area (Å²) in [5, 5.41) is 14.1. The number of rotatable bonds is 8. The van der Waals surface area contributed by atoms with E-state index in [1.807, 2.05) is 0 Å². The zero-order valence-corrected chi connectivity index (χ0v) is 23.2. The third-order valence-corrected chi connectivity index (χ3v) is 6.50. The van der Waals surface area contributed by atoms with Gasteiger partial charge in [0.2, 0.25) is 5.91 Å². The number of hydrogen-bond acceptors (Lipinski definition) is 7. The zero-order valence-electron chi connectivity index (χ0n) is 23.2. The van der Waals surface area contributed by atoms with Crippen LogP contribution in [0.15, 0.2) is 54.6 Å². The maximum Gasteiger partial charge on any atom is 0.332 e. The second-order valence-electron chi connectivity index (χ2n) is 10.8. The predicted octanol–water partition coefficient (Wildman–Crippen LogP) is 3.30. The molecule has 0 aromatic heterocycles. The first-order valence-electron chi connectivity index (χ1n) is 12.8. The van der Waals surface area contributed by atoms with Crippen molar-refractivity contribution >= 4 is 35.5 Å². The topological polar surface area (TPSA) is 151 Å². The number of amides is 3. The van der Waals surface area contributed by atoms with Crippen molar-refractivity contribution in [3.05, 3.63) is 65.7 Å². The van der Waals surface area contributed by atoms with E-state index in [1.165, 1.54) is 18.1 Å². The predicted molar refractivity (Wildman–Crippen MR) is 145 cm³/mol. The quantitative estimate of drug-likeness (QED) is 0.421. The first-order valence-corrected chi connectivity index (χ1v) is 12.8. The third-order valence-electron chi connectivity index (χ3n) is 6.50. The van der Waals surface area contributed by atoms with Crippen molar-refractivity contribution in [2.24, 2.45) is 5.92 Å². The van der Waals surface area contributed by atoms with Gasteiger partial charge in [-0.15, -0.1) is 0 Å². The third kappa shape index (κ3) is 7.16. The van der Waals surface area contributed by atoms with Crippen LogP contribution in [0.25, 0.3) is 0 Å². The number of carbonyl (C=O) groups excluding carboxylic acids is 4. The molecule has 0 saturated carbocycles. The van der Waals surface area contributed by atoms with Gasteiger partial charge >= 0.3 is 23.9 Å². The van der Waals surface area contributed by atoms with Gasteiger partial charge < -0.3 is 30.1 Å². The first kappa shape index (κ1) is 30.1. The molecule has 3 rings (SSSR count). The summed E-state index contributed by atoms with van der Waals surface area (Å²) in [5.74, 6) is -3.74. The molecule has 0 spiro atoms. The Bertz CT molecular complexity index is 1270. The molecule has 3 unspecified atom stereocenters. The Morgan fingerprint density at radius 1 is 1.05 bits per heavy atom. The van der Waals surface area contributed by atoms with E-state index in [0.29, 0.717) is 16.8 Å². The molecule has 214 valence electrons. The first-order chi connectivity index (χ1) is 18.7. The Hall–Kier alpha value is -4.41. The Labute approximate surface area is 232 Å². The highest BCUT2D eigenvalue weighted by Gasteiger charge is 2.59. The monoisotopic (exact) mass is 553 g/mol. The number of aliphatic carboxylic acids is 1. The van der Waals surface area contributed by atoms with Gasteiger partial charge in [-0.2, -0.15) is 0 Å². The summed E-state index contributed by atoms with van der Waals surface area (Å²) in [7, 11) is 1.25. The van der Waals surface area contributed by atoms with Gasteiger partial charge in [0, 0.05) is 5.69 Å². The normalized spacial score (nSPS) is 20.4. The second kappa shape index (κ2) is 12.2. The van der Waals surface area contributed by atoms with Gasteiger partial charge in [-0.25, -0.2) is 9.59 Å². The molecule has 1 saturated heterocycles. The van der Waals surface area contributed by atoms with Gasteiger partial charge in [0.15, 0.2) is 0 Å². The number of esters is 2. The van der Waals surface area contributed by atoms with Gasteiger partial charge in [0.05, 0.1) is 32.0 Å². The Morgan fingerprint density at radius 3 is 2.33 bits per heavy atom. The zero-order chi connectivity index (χ0) is 29.7. The van der Waals surface area contributed by atoms with Gasteiger partial charge in [0.1, 0.15) is 11.1 Å². The minimum atomic E-state index is -1.53. The summed E-state index contributed by atoms with van der Waals surface area (Å²) in [6.45, 7) is 6.18. The van der Waals surface area contributed by atoms with Crippen LogP contribution in [0.3, 0.4) is 0 Å². The highest BCUT2D eigenvalue weighted by molar-refractivity contribution is 5.95. The van der Waals surface area contributed by atoms with Crippen LogP contribution in [0.2, 0.25) is 0 Å². The van der Waals surface area contributed by atoms with E-state index in [4.69, 9.17) is 14.6 Å². The molecule has 0 aliphatic carbocycles. The van der Waals surface area contributed by atoms with Crippen molar-refractivity contribution in [2.75, 3.05) is 19.0 Å². The number of ether oxygens (including phenoxy) is 2. The molecule has 11 heteroatoms. The van der Waals surface area contributed by atoms with Crippen molar-refractivity contribution in [1.82, 2.24) is 10.2 Å². The van der Waals surface area contributed by atoms with Crippen molar-refractivity contribution in [3.63, 3.8) is 0 Å². The van der Waals surface area contributed by atoms with Gasteiger partial charge in [-0.05, 0) is 57.4 Å². The van der Waals surface area contributed by atoms with E-state index < -0.39 is 59.5 Å². The average Bonchev–Trinajstić information content (AvgIpc) is 3.20. The molecule has 0 radical (unpaired) electrons. The maximum atomic E-state index is 13.8. The fraction of sp³-hybridized carbons (Fsp3) is 0.414. The molecule has 0 bridgehead atoms. The molecule has 1 aliphatic heterocycles. The number of benzene rings is 2. The molecule has 40 heavy (non-hydrogen) atoms. The van der Waals surface area contributed by atoms with E-state index in [9.17, 15) is 24.0 Å². The lowest BCUT2D eigenvalue weighted by atomic mass is 9.90.